The maximum Gasteiger partial charge on any atom is 0.337 e. The smallest absolute Gasteiger partial charge is 0.337 e. The van der Waals surface area contributed by atoms with Gasteiger partial charge in [0.1, 0.15) is 5.52 Å². The number of nitrogens with zero attached hydrogens (tertiary/aromatic N) is 1. The van der Waals surface area contributed by atoms with E-state index in [4.69, 9.17) is 16.7 Å². The maximum atomic E-state index is 10.6. The van der Waals surface area contributed by atoms with E-state index in [0.717, 1.165) is 0 Å². The molecule has 0 bridgehead atoms. The van der Waals surface area contributed by atoms with Crippen molar-refractivity contribution in [3.63, 3.8) is 0 Å². The number of carbonyl (C=O) groups is 1. The highest BCUT2D eigenvalue weighted by molar-refractivity contribution is 6.35. The standard InChI is InChI=1S/C9H7ClN2O3/c10-5-1-4(8(13)9(14)15)2-6-7(5)12-3-11-6/h1-3,8,13H,(H,11,12)(H,14,15). The minimum atomic E-state index is -1.57. The normalized spacial score (nSPS) is 12.9. The van der Waals surface area contributed by atoms with Gasteiger partial charge in [-0.15, -0.1) is 0 Å². The summed E-state index contributed by atoms with van der Waals surface area (Å²) >= 11 is 5.87. The van der Waals surface area contributed by atoms with E-state index in [1.807, 2.05) is 0 Å². The van der Waals surface area contributed by atoms with Gasteiger partial charge in [0.15, 0.2) is 6.10 Å². The molecule has 0 saturated carbocycles. The third-order valence-electron chi connectivity index (χ3n) is 2.05. The summed E-state index contributed by atoms with van der Waals surface area (Å²) in [4.78, 5) is 17.3. The van der Waals surface area contributed by atoms with Gasteiger partial charge < -0.3 is 15.2 Å². The molecule has 78 valence electrons. The summed E-state index contributed by atoms with van der Waals surface area (Å²) in [5.74, 6) is -1.31. The van der Waals surface area contributed by atoms with Crippen LogP contribution in [0.3, 0.4) is 0 Å². The quantitative estimate of drug-likeness (QED) is 0.721. The molecule has 5 nitrogen and oxygen atoms in total. The zero-order valence-corrected chi connectivity index (χ0v) is 8.19. The Kier molecular flexibility index (Phi) is 2.34. The van der Waals surface area contributed by atoms with E-state index < -0.39 is 12.1 Å². The SMILES string of the molecule is O=C(O)C(O)c1cc(Cl)c2nc[nH]c2c1. The van der Waals surface area contributed by atoms with Crippen molar-refractivity contribution in [2.45, 2.75) is 6.10 Å². The third-order valence-corrected chi connectivity index (χ3v) is 2.34. The number of aromatic amines is 1. The average molecular weight is 227 g/mol. The molecular weight excluding hydrogens is 220 g/mol. The van der Waals surface area contributed by atoms with Crippen LogP contribution in [0.4, 0.5) is 0 Å². The van der Waals surface area contributed by atoms with E-state index in [1.54, 1.807) is 0 Å². The van der Waals surface area contributed by atoms with Gasteiger partial charge in [-0.1, -0.05) is 11.6 Å². The number of carboxylic acid groups (broad SMARTS) is 1. The zero-order valence-electron chi connectivity index (χ0n) is 7.44. The summed E-state index contributed by atoms with van der Waals surface area (Å²) in [5.41, 5.74) is 1.38. The molecule has 0 radical (unpaired) electrons. The number of halogens is 1. The monoisotopic (exact) mass is 226 g/mol. The molecule has 0 aliphatic heterocycles. The first-order chi connectivity index (χ1) is 7.09. The van der Waals surface area contributed by atoms with Crippen LogP contribution in [0.5, 0.6) is 0 Å². The summed E-state index contributed by atoms with van der Waals surface area (Å²) in [7, 11) is 0. The number of fused-ring (bicyclic) bond motifs is 1. The van der Waals surface area contributed by atoms with Gasteiger partial charge in [0.05, 0.1) is 16.9 Å². The number of nitrogens with one attached hydrogen (secondary N) is 1. The van der Waals surface area contributed by atoms with Crippen molar-refractivity contribution in [1.29, 1.82) is 0 Å². The Hall–Kier alpha value is -1.59. The van der Waals surface area contributed by atoms with Crippen molar-refractivity contribution in [1.82, 2.24) is 9.97 Å². The molecular formula is C9H7ClN2O3. The lowest BCUT2D eigenvalue weighted by Gasteiger charge is -2.06. The van der Waals surface area contributed by atoms with E-state index >= 15 is 0 Å². The fraction of sp³-hybridized carbons (Fsp3) is 0.111. The second-order valence-corrected chi connectivity index (χ2v) is 3.45. The molecule has 1 unspecified atom stereocenters. The van der Waals surface area contributed by atoms with Crippen molar-refractivity contribution in [2.24, 2.45) is 0 Å². The predicted molar refractivity (Wildman–Crippen MR) is 53.7 cm³/mol. The molecule has 0 aliphatic rings. The van der Waals surface area contributed by atoms with Gasteiger partial charge in [0.2, 0.25) is 0 Å². The second-order valence-electron chi connectivity index (χ2n) is 3.04. The molecule has 1 atom stereocenters. The Bertz CT molecular complexity index is 523. The van der Waals surface area contributed by atoms with Crippen LogP contribution in [0, 0.1) is 0 Å². The third kappa shape index (κ3) is 1.67. The van der Waals surface area contributed by atoms with Crippen LogP contribution in [-0.2, 0) is 4.79 Å². The number of hydrogen-bond acceptors (Lipinski definition) is 3. The first-order valence-electron chi connectivity index (χ1n) is 4.13. The van der Waals surface area contributed by atoms with Crippen LogP contribution < -0.4 is 0 Å². The van der Waals surface area contributed by atoms with E-state index in [-0.39, 0.29) is 5.56 Å². The van der Waals surface area contributed by atoms with Crippen molar-refractivity contribution in [2.75, 3.05) is 0 Å². The van der Waals surface area contributed by atoms with E-state index in [1.165, 1.54) is 18.5 Å². The Labute approximate surface area is 89.3 Å². The number of imidazole rings is 1. The van der Waals surface area contributed by atoms with Crippen molar-refractivity contribution in [3.8, 4) is 0 Å². The molecule has 1 aromatic carbocycles. The molecule has 15 heavy (non-hydrogen) atoms. The highest BCUT2D eigenvalue weighted by Crippen LogP contribution is 2.25. The summed E-state index contributed by atoms with van der Waals surface area (Å²) in [5, 5.41) is 18.3. The first-order valence-corrected chi connectivity index (χ1v) is 4.51. The van der Waals surface area contributed by atoms with Gasteiger partial charge in [-0.25, -0.2) is 9.78 Å². The number of aliphatic hydroxyl groups is 1. The Balaban J connectivity index is 2.58. The topological polar surface area (TPSA) is 86.2 Å². The van der Waals surface area contributed by atoms with Crippen LogP contribution >= 0.6 is 11.6 Å². The molecule has 0 aliphatic carbocycles. The Morgan fingerprint density at radius 2 is 2.27 bits per heavy atom. The number of aliphatic hydroxyl groups excluding tert-OH is 1. The number of H-pyrrole nitrogens is 1. The Morgan fingerprint density at radius 1 is 1.53 bits per heavy atom. The molecule has 0 saturated heterocycles. The fourth-order valence-corrected chi connectivity index (χ4v) is 1.60. The lowest BCUT2D eigenvalue weighted by molar-refractivity contribution is -0.146. The highest BCUT2D eigenvalue weighted by atomic mass is 35.5. The van der Waals surface area contributed by atoms with E-state index in [2.05, 4.69) is 9.97 Å². The average Bonchev–Trinajstić information content (AvgIpc) is 2.64. The maximum absolute atomic E-state index is 10.6. The summed E-state index contributed by atoms with van der Waals surface area (Å²) < 4.78 is 0. The van der Waals surface area contributed by atoms with Crippen LogP contribution in [-0.4, -0.2) is 26.2 Å². The molecule has 0 fully saturated rings. The van der Waals surface area contributed by atoms with Crippen molar-refractivity contribution < 1.29 is 15.0 Å². The number of benzene rings is 1. The van der Waals surface area contributed by atoms with Gasteiger partial charge in [0.25, 0.3) is 0 Å². The van der Waals surface area contributed by atoms with E-state index in [9.17, 15) is 9.90 Å². The highest BCUT2D eigenvalue weighted by Gasteiger charge is 2.17. The van der Waals surface area contributed by atoms with Crippen molar-refractivity contribution in [3.05, 3.63) is 29.0 Å². The minimum absolute atomic E-state index is 0.226. The molecule has 6 heteroatoms. The lowest BCUT2D eigenvalue weighted by Crippen LogP contribution is -2.10. The molecule has 0 spiro atoms. The van der Waals surface area contributed by atoms with Crippen LogP contribution in [0.25, 0.3) is 11.0 Å². The largest absolute Gasteiger partial charge is 0.479 e. The lowest BCUT2D eigenvalue weighted by atomic mass is 10.1. The molecule has 1 heterocycles. The van der Waals surface area contributed by atoms with Gasteiger partial charge in [0, 0.05) is 0 Å². The number of rotatable bonds is 2. The van der Waals surface area contributed by atoms with E-state index in [0.29, 0.717) is 16.1 Å². The minimum Gasteiger partial charge on any atom is -0.479 e. The number of aromatic nitrogens is 2. The van der Waals surface area contributed by atoms with Gasteiger partial charge >= 0.3 is 5.97 Å². The summed E-state index contributed by atoms with van der Waals surface area (Å²) in [6.45, 7) is 0. The molecule has 2 rings (SSSR count). The first kappa shape index (κ1) is 9.95. The molecule has 2 aromatic rings. The van der Waals surface area contributed by atoms with Crippen LogP contribution in [0.2, 0.25) is 5.02 Å². The fourth-order valence-electron chi connectivity index (χ4n) is 1.33. The second kappa shape index (κ2) is 3.52. The van der Waals surface area contributed by atoms with Crippen LogP contribution in [0.15, 0.2) is 18.5 Å². The van der Waals surface area contributed by atoms with Gasteiger partial charge in [-0.05, 0) is 17.7 Å². The van der Waals surface area contributed by atoms with Crippen LogP contribution in [0.1, 0.15) is 11.7 Å². The molecule has 1 aromatic heterocycles. The van der Waals surface area contributed by atoms with Gasteiger partial charge in [-0.3, -0.25) is 0 Å². The van der Waals surface area contributed by atoms with Crippen molar-refractivity contribution >= 4 is 28.6 Å². The number of hydrogen-bond donors (Lipinski definition) is 3. The zero-order chi connectivity index (χ0) is 11.0. The summed E-state index contributed by atoms with van der Waals surface area (Å²) in [6.07, 6.45) is -0.122. The molecule has 0 amide bonds. The van der Waals surface area contributed by atoms with Gasteiger partial charge in [-0.2, -0.15) is 0 Å². The number of aliphatic carboxylic acids is 1. The Morgan fingerprint density at radius 3 is 2.93 bits per heavy atom. The predicted octanol–water partition coefficient (Wildman–Crippen LogP) is 1.33. The molecule has 3 N–H and O–H groups in total. The number of carboxylic acids is 1. The summed E-state index contributed by atoms with van der Waals surface area (Å²) in [6, 6.07) is 2.90.